The molecule has 0 aromatic heterocycles. The zero-order valence-corrected chi connectivity index (χ0v) is 26.6. The molecule has 35 heavy (non-hydrogen) atoms. The molecular formula is C29H26K2O4. The fourth-order valence-corrected chi connectivity index (χ4v) is 4.30. The first-order valence-corrected chi connectivity index (χ1v) is 11.0. The van der Waals surface area contributed by atoms with Crippen molar-refractivity contribution in [3.05, 3.63) is 131 Å². The molecule has 4 rings (SSSR count). The van der Waals surface area contributed by atoms with Crippen molar-refractivity contribution in [1.29, 1.82) is 0 Å². The van der Waals surface area contributed by atoms with E-state index in [0.29, 0.717) is 11.5 Å². The molecule has 0 radical (unpaired) electrons. The molecule has 0 heterocycles. The fourth-order valence-electron chi connectivity index (χ4n) is 4.30. The first-order valence-electron chi connectivity index (χ1n) is 11.0. The van der Waals surface area contributed by atoms with E-state index in [-0.39, 0.29) is 129 Å². The van der Waals surface area contributed by atoms with Crippen LogP contribution in [-0.4, -0.2) is 26.4 Å². The van der Waals surface area contributed by atoms with Crippen LogP contribution in [0.3, 0.4) is 0 Å². The molecule has 0 aliphatic rings. The third-order valence-electron chi connectivity index (χ3n) is 5.69. The predicted octanol–water partition coefficient (Wildman–Crippen LogP) is -2.44. The van der Waals surface area contributed by atoms with E-state index in [9.17, 15) is 10.2 Å². The van der Waals surface area contributed by atoms with Crippen LogP contribution in [0.4, 0.5) is 0 Å². The number of hydrogen-bond donors (Lipinski definition) is 0. The molecule has 0 amide bonds. The second-order valence-corrected chi connectivity index (χ2v) is 7.64. The summed E-state index contributed by atoms with van der Waals surface area (Å²) in [6, 6.07) is 36.6. The van der Waals surface area contributed by atoms with Crippen LogP contribution in [0.15, 0.2) is 109 Å². The van der Waals surface area contributed by atoms with Gasteiger partial charge in [-0.25, -0.2) is 0 Å². The van der Waals surface area contributed by atoms with Crippen molar-refractivity contribution in [3.8, 4) is 11.5 Å². The van der Waals surface area contributed by atoms with Gasteiger partial charge in [-0.05, 0) is 46.5 Å². The molecule has 0 aliphatic heterocycles. The van der Waals surface area contributed by atoms with Gasteiger partial charge in [0.15, 0.2) is 0 Å². The summed E-state index contributed by atoms with van der Waals surface area (Å²) >= 11 is 0. The summed E-state index contributed by atoms with van der Waals surface area (Å²) in [5.74, 6) is 1.34. The summed E-state index contributed by atoms with van der Waals surface area (Å²) in [4.78, 5) is 0. The van der Waals surface area contributed by atoms with Gasteiger partial charge in [0, 0.05) is 0 Å². The second-order valence-electron chi connectivity index (χ2n) is 7.64. The minimum Gasteiger partial charge on any atom is -0.852 e. The SMILES string of the molecule is [K+].[K+].[O-]CCOc1ccc(C(c2ccccc2)(c2ccccc2)c2ccc(OCC[O-])cc2)cc1. The van der Waals surface area contributed by atoms with Gasteiger partial charge in [-0.2, -0.15) is 0 Å². The Labute approximate surface area is 292 Å². The second kappa shape index (κ2) is 15.8. The van der Waals surface area contributed by atoms with Gasteiger partial charge in [0.25, 0.3) is 0 Å². The van der Waals surface area contributed by atoms with Gasteiger partial charge < -0.3 is 19.7 Å². The minimum atomic E-state index is -0.587. The van der Waals surface area contributed by atoms with E-state index >= 15 is 0 Å². The average molecular weight is 517 g/mol. The summed E-state index contributed by atoms with van der Waals surface area (Å²) in [6.45, 7) is -0.264. The van der Waals surface area contributed by atoms with Gasteiger partial charge in [-0.15, -0.1) is 13.2 Å². The molecule has 0 N–H and O–H groups in total. The summed E-state index contributed by atoms with van der Waals surface area (Å²) in [5.41, 5.74) is 3.80. The third-order valence-corrected chi connectivity index (χ3v) is 5.69. The normalized spacial score (nSPS) is 10.6. The van der Waals surface area contributed by atoms with Crippen LogP contribution in [0, 0.1) is 0 Å². The van der Waals surface area contributed by atoms with Crippen LogP contribution in [0.25, 0.3) is 0 Å². The van der Waals surface area contributed by atoms with Gasteiger partial charge in [-0.3, -0.25) is 0 Å². The maximum Gasteiger partial charge on any atom is 1.00 e. The third kappa shape index (κ3) is 7.38. The van der Waals surface area contributed by atoms with Gasteiger partial charge in [0.1, 0.15) is 11.5 Å². The Morgan fingerprint density at radius 2 is 0.771 bits per heavy atom. The van der Waals surface area contributed by atoms with Crippen molar-refractivity contribution in [3.63, 3.8) is 0 Å². The molecule has 0 atom stereocenters. The molecule has 0 saturated heterocycles. The molecule has 4 nitrogen and oxygen atoms in total. The summed E-state index contributed by atoms with van der Waals surface area (Å²) in [5, 5.41) is 21.7. The monoisotopic (exact) mass is 516 g/mol. The van der Waals surface area contributed by atoms with Gasteiger partial charge in [-0.1, -0.05) is 84.9 Å². The Hall–Kier alpha value is -0.327. The Bertz CT molecular complexity index is 1030. The Balaban J connectivity index is 0.00000216. The molecular weight excluding hydrogens is 491 g/mol. The quantitative estimate of drug-likeness (QED) is 0.174. The first-order chi connectivity index (χ1) is 16.3. The van der Waals surface area contributed by atoms with Gasteiger partial charge in [0.05, 0.1) is 18.6 Å². The van der Waals surface area contributed by atoms with E-state index < -0.39 is 5.41 Å². The molecule has 0 bridgehead atoms. The summed E-state index contributed by atoms with van der Waals surface area (Å²) < 4.78 is 11.1. The van der Waals surface area contributed by atoms with Gasteiger partial charge in [0.2, 0.25) is 0 Å². The van der Waals surface area contributed by atoms with E-state index in [1.54, 1.807) is 0 Å². The molecule has 168 valence electrons. The molecule has 0 aliphatic carbocycles. The van der Waals surface area contributed by atoms with E-state index in [1.807, 2.05) is 60.7 Å². The van der Waals surface area contributed by atoms with Crippen molar-refractivity contribution in [2.75, 3.05) is 26.4 Å². The molecule has 6 heteroatoms. The summed E-state index contributed by atoms with van der Waals surface area (Å²) in [7, 11) is 0. The van der Waals surface area contributed by atoms with Crippen molar-refractivity contribution in [2.24, 2.45) is 0 Å². The van der Waals surface area contributed by atoms with E-state index in [4.69, 9.17) is 9.47 Å². The van der Waals surface area contributed by atoms with Crippen LogP contribution >= 0.6 is 0 Å². The van der Waals surface area contributed by atoms with Crippen LogP contribution in [0.1, 0.15) is 22.3 Å². The van der Waals surface area contributed by atoms with Crippen LogP contribution in [0.2, 0.25) is 0 Å². The molecule has 0 unspecified atom stereocenters. The zero-order chi connectivity index (χ0) is 22.9. The van der Waals surface area contributed by atoms with E-state index in [0.717, 1.165) is 22.3 Å². The zero-order valence-electron chi connectivity index (χ0n) is 20.4. The topological polar surface area (TPSA) is 64.6 Å². The van der Waals surface area contributed by atoms with Crippen molar-refractivity contribution < 1.29 is 122 Å². The average Bonchev–Trinajstić information content (AvgIpc) is 2.89. The number of ether oxygens (including phenoxy) is 2. The molecule has 4 aromatic carbocycles. The van der Waals surface area contributed by atoms with Crippen LogP contribution in [-0.2, 0) is 5.41 Å². The largest absolute Gasteiger partial charge is 1.00 e. The summed E-state index contributed by atoms with van der Waals surface area (Å²) in [6.07, 6.45) is 0. The maximum atomic E-state index is 10.8. The molecule has 0 fully saturated rings. The molecule has 4 aromatic rings. The van der Waals surface area contributed by atoms with Gasteiger partial charge >= 0.3 is 103 Å². The smallest absolute Gasteiger partial charge is 0.852 e. The first kappa shape index (κ1) is 30.9. The van der Waals surface area contributed by atoms with E-state index in [1.165, 1.54) is 0 Å². The fraction of sp³-hybridized carbons (Fsp3) is 0.172. The Kier molecular flexibility index (Phi) is 14.0. The Morgan fingerprint density at radius 1 is 0.457 bits per heavy atom. The van der Waals surface area contributed by atoms with Crippen molar-refractivity contribution in [2.45, 2.75) is 5.41 Å². The van der Waals surface area contributed by atoms with Crippen LogP contribution < -0.4 is 122 Å². The molecule has 0 spiro atoms. The van der Waals surface area contributed by atoms with Crippen molar-refractivity contribution in [1.82, 2.24) is 0 Å². The number of hydrogen-bond acceptors (Lipinski definition) is 4. The predicted molar refractivity (Wildman–Crippen MR) is 125 cm³/mol. The van der Waals surface area contributed by atoms with E-state index in [2.05, 4.69) is 48.5 Å². The maximum absolute atomic E-state index is 10.8. The van der Waals surface area contributed by atoms with Crippen molar-refractivity contribution >= 4 is 0 Å². The molecule has 0 saturated carbocycles. The standard InChI is InChI=1S/C29H26O4.2K/c30-19-21-32-27-15-11-25(12-16-27)29(23-7-3-1-4-8-23,24-9-5-2-6-10-24)26-13-17-28(18-14-26)33-22-20-31;;/h1-18H,19-22H2;;/q-2;2*+1. The van der Waals surface area contributed by atoms with Crippen LogP contribution in [0.5, 0.6) is 11.5 Å². The number of benzene rings is 4. The minimum absolute atomic E-state index is 0. The number of rotatable bonds is 10. The Morgan fingerprint density at radius 3 is 1.09 bits per heavy atom.